The molecule has 0 saturated carbocycles. The lowest BCUT2D eigenvalue weighted by molar-refractivity contribution is 0.0118. The van der Waals surface area contributed by atoms with E-state index in [1.165, 1.54) is 5.56 Å². The minimum absolute atomic E-state index is 0.0348. The van der Waals surface area contributed by atoms with E-state index in [-0.39, 0.29) is 11.9 Å². The van der Waals surface area contributed by atoms with Crippen LogP contribution in [0, 0.1) is 6.92 Å². The smallest absolute Gasteiger partial charge is 0.251 e. The number of nitrogens with zero attached hydrogens (tertiary/aromatic N) is 5. The summed E-state index contributed by atoms with van der Waals surface area (Å²) in [5.74, 6) is 0.455. The summed E-state index contributed by atoms with van der Waals surface area (Å²) in [7, 11) is 2.11. The van der Waals surface area contributed by atoms with Gasteiger partial charge in [0.1, 0.15) is 0 Å². The molecule has 0 radical (unpaired) electrons. The molecule has 6 rings (SSSR count). The van der Waals surface area contributed by atoms with Gasteiger partial charge in [0, 0.05) is 36.6 Å². The average Bonchev–Trinajstić information content (AvgIpc) is 3.38. The molecule has 4 heterocycles. The summed E-state index contributed by atoms with van der Waals surface area (Å²) >= 11 is 0. The van der Waals surface area contributed by atoms with Gasteiger partial charge in [-0.25, -0.2) is 4.52 Å². The van der Waals surface area contributed by atoms with Crippen LogP contribution in [0.2, 0.25) is 0 Å². The van der Waals surface area contributed by atoms with Crippen LogP contribution in [-0.4, -0.2) is 69.8 Å². The molecule has 1 amide bonds. The minimum atomic E-state index is -0.814. The summed E-state index contributed by atoms with van der Waals surface area (Å²) in [5.41, 5.74) is 4.58. The first-order valence-electron chi connectivity index (χ1n) is 14.1. The summed E-state index contributed by atoms with van der Waals surface area (Å²) in [5, 5.41) is 22.4. The molecule has 3 N–H and O–H groups in total. The molecular formula is C31H37N7O2. The molecule has 9 nitrogen and oxygen atoms in total. The molecule has 4 aromatic rings. The number of hydrogen-bond acceptors (Lipinski definition) is 7. The second-order valence-corrected chi connectivity index (χ2v) is 11.2. The van der Waals surface area contributed by atoms with Gasteiger partial charge in [-0.2, -0.15) is 4.98 Å². The highest BCUT2D eigenvalue weighted by Gasteiger charge is 2.34. The number of nitrogens with one attached hydrogen (secondary N) is 2. The number of carbonyl (C=O) groups excluding carboxylic acids is 1. The first-order chi connectivity index (χ1) is 19.4. The number of aliphatic hydroxyl groups is 1. The van der Waals surface area contributed by atoms with E-state index >= 15 is 0 Å². The maximum absolute atomic E-state index is 12.7. The van der Waals surface area contributed by atoms with E-state index in [1.807, 2.05) is 48.7 Å². The maximum Gasteiger partial charge on any atom is 0.251 e. The van der Waals surface area contributed by atoms with Gasteiger partial charge in [0.15, 0.2) is 5.65 Å². The average molecular weight is 540 g/mol. The standard InChI is InChI=1S/C31H37N7O2/c1-22-5-9-24(10-6-22)31(40)15-20-37(21-16-31)27-4-3-17-38-28(27)34-30(35-38)33-25-11-7-23(8-12-25)29(39)32-26-13-18-36(2)19-14-26/h3-12,17,26,40H,13-16,18-21H2,1-2H3,(H,32,39)(H,33,35). The summed E-state index contributed by atoms with van der Waals surface area (Å²) in [6.07, 6.45) is 5.14. The molecule has 2 aliphatic heterocycles. The lowest BCUT2D eigenvalue weighted by Crippen LogP contribution is -2.43. The highest BCUT2D eigenvalue weighted by molar-refractivity contribution is 5.94. The van der Waals surface area contributed by atoms with E-state index in [1.54, 1.807) is 4.52 Å². The number of rotatable bonds is 6. The van der Waals surface area contributed by atoms with E-state index < -0.39 is 5.60 Å². The minimum Gasteiger partial charge on any atom is -0.385 e. The first-order valence-corrected chi connectivity index (χ1v) is 14.1. The second-order valence-electron chi connectivity index (χ2n) is 11.2. The van der Waals surface area contributed by atoms with Crippen LogP contribution < -0.4 is 15.5 Å². The zero-order valence-electron chi connectivity index (χ0n) is 23.2. The van der Waals surface area contributed by atoms with Gasteiger partial charge < -0.3 is 25.5 Å². The Morgan fingerprint density at radius 3 is 2.38 bits per heavy atom. The van der Waals surface area contributed by atoms with Crippen molar-refractivity contribution in [1.29, 1.82) is 0 Å². The monoisotopic (exact) mass is 539 g/mol. The number of pyridine rings is 1. The number of aromatic nitrogens is 3. The number of anilines is 3. The van der Waals surface area contributed by atoms with Crippen LogP contribution >= 0.6 is 0 Å². The van der Waals surface area contributed by atoms with Crippen LogP contribution in [0.5, 0.6) is 0 Å². The van der Waals surface area contributed by atoms with Gasteiger partial charge >= 0.3 is 0 Å². The molecule has 2 fully saturated rings. The Hall–Kier alpha value is -3.95. The number of piperidine rings is 2. The number of aryl methyl sites for hydroxylation is 1. The molecule has 0 aliphatic carbocycles. The van der Waals surface area contributed by atoms with E-state index in [2.05, 4.69) is 57.7 Å². The lowest BCUT2D eigenvalue weighted by Gasteiger charge is -2.39. The molecule has 0 unspecified atom stereocenters. The second kappa shape index (κ2) is 10.9. The van der Waals surface area contributed by atoms with Gasteiger partial charge in [0.05, 0.1) is 11.3 Å². The molecule has 0 atom stereocenters. The Morgan fingerprint density at radius 1 is 0.975 bits per heavy atom. The maximum atomic E-state index is 12.7. The molecule has 0 spiro atoms. The third-order valence-corrected chi connectivity index (χ3v) is 8.32. The number of hydrogen-bond donors (Lipinski definition) is 3. The van der Waals surface area contributed by atoms with E-state index in [0.717, 1.165) is 61.6 Å². The molecule has 40 heavy (non-hydrogen) atoms. The van der Waals surface area contributed by atoms with Gasteiger partial charge in [0.2, 0.25) is 5.95 Å². The lowest BCUT2D eigenvalue weighted by atomic mass is 9.84. The predicted octanol–water partition coefficient (Wildman–Crippen LogP) is 4.09. The molecule has 0 bridgehead atoms. The number of fused-ring (bicyclic) bond motifs is 1. The van der Waals surface area contributed by atoms with Crippen molar-refractivity contribution in [2.75, 3.05) is 43.4 Å². The van der Waals surface area contributed by atoms with Crippen molar-refractivity contribution in [2.45, 2.75) is 44.2 Å². The van der Waals surface area contributed by atoms with Crippen molar-refractivity contribution in [2.24, 2.45) is 0 Å². The zero-order valence-corrected chi connectivity index (χ0v) is 23.2. The van der Waals surface area contributed by atoms with Gasteiger partial charge in [0.25, 0.3) is 5.91 Å². The zero-order chi connectivity index (χ0) is 27.7. The molecule has 208 valence electrons. The normalized spacial score (nSPS) is 18.1. The molecule has 2 aromatic carbocycles. The number of benzene rings is 2. The highest BCUT2D eigenvalue weighted by atomic mass is 16.3. The number of carbonyl (C=O) groups is 1. The van der Waals surface area contributed by atoms with Crippen molar-refractivity contribution < 1.29 is 9.90 Å². The molecule has 2 aliphatic rings. The van der Waals surface area contributed by atoms with Crippen molar-refractivity contribution >= 4 is 28.9 Å². The quantitative estimate of drug-likeness (QED) is 0.340. The van der Waals surface area contributed by atoms with Crippen LogP contribution in [-0.2, 0) is 5.60 Å². The fourth-order valence-electron chi connectivity index (χ4n) is 5.72. The fraction of sp³-hybridized carbons (Fsp3) is 0.387. The largest absolute Gasteiger partial charge is 0.385 e. The Labute approximate surface area is 234 Å². The predicted molar refractivity (Wildman–Crippen MR) is 157 cm³/mol. The molecular weight excluding hydrogens is 502 g/mol. The summed E-state index contributed by atoms with van der Waals surface area (Å²) in [6.45, 7) is 5.52. The van der Waals surface area contributed by atoms with E-state index in [4.69, 9.17) is 4.98 Å². The van der Waals surface area contributed by atoms with Gasteiger partial charge in [-0.15, -0.1) is 5.10 Å². The third-order valence-electron chi connectivity index (χ3n) is 8.32. The van der Waals surface area contributed by atoms with Crippen molar-refractivity contribution in [3.63, 3.8) is 0 Å². The number of likely N-dealkylation sites (tertiary alicyclic amines) is 1. The summed E-state index contributed by atoms with van der Waals surface area (Å²) in [4.78, 5) is 22.1. The molecule has 9 heteroatoms. The van der Waals surface area contributed by atoms with Crippen LogP contribution in [0.25, 0.3) is 5.65 Å². The topological polar surface area (TPSA) is 98.0 Å². The van der Waals surface area contributed by atoms with E-state index in [0.29, 0.717) is 24.4 Å². The van der Waals surface area contributed by atoms with Gasteiger partial charge in [-0.1, -0.05) is 29.8 Å². The highest BCUT2D eigenvalue weighted by Crippen LogP contribution is 2.35. The van der Waals surface area contributed by atoms with E-state index in [9.17, 15) is 9.90 Å². The summed E-state index contributed by atoms with van der Waals surface area (Å²) < 4.78 is 1.78. The third kappa shape index (κ3) is 5.52. The first kappa shape index (κ1) is 26.3. The van der Waals surface area contributed by atoms with Crippen LogP contribution in [0.4, 0.5) is 17.3 Å². The van der Waals surface area contributed by atoms with Crippen LogP contribution in [0.3, 0.4) is 0 Å². The fourth-order valence-corrected chi connectivity index (χ4v) is 5.72. The van der Waals surface area contributed by atoms with Gasteiger partial charge in [-0.05, 0) is 94.7 Å². The molecule has 2 aromatic heterocycles. The Balaban J connectivity index is 1.11. The van der Waals surface area contributed by atoms with Crippen LogP contribution in [0.15, 0.2) is 66.9 Å². The number of amides is 1. The van der Waals surface area contributed by atoms with Crippen molar-refractivity contribution in [1.82, 2.24) is 24.8 Å². The van der Waals surface area contributed by atoms with Crippen LogP contribution in [0.1, 0.15) is 47.2 Å². The van der Waals surface area contributed by atoms with Crippen molar-refractivity contribution in [3.8, 4) is 0 Å². The Bertz CT molecular complexity index is 1470. The Kier molecular flexibility index (Phi) is 7.16. The Morgan fingerprint density at radius 2 is 1.68 bits per heavy atom. The summed E-state index contributed by atoms with van der Waals surface area (Å²) in [6, 6.07) is 19.9. The van der Waals surface area contributed by atoms with Gasteiger partial charge in [-0.3, -0.25) is 4.79 Å². The SMILES string of the molecule is Cc1ccc(C2(O)CCN(c3cccn4nc(Nc5ccc(C(=O)NC6CCN(C)CC6)cc5)nc34)CC2)cc1. The van der Waals surface area contributed by atoms with Crippen molar-refractivity contribution in [3.05, 3.63) is 83.6 Å². The molecule has 2 saturated heterocycles.